The van der Waals surface area contributed by atoms with E-state index in [1.54, 1.807) is 32.3 Å². The summed E-state index contributed by atoms with van der Waals surface area (Å²) in [4.78, 5) is 20.3. The van der Waals surface area contributed by atoms with Crippen molar-refractivity contribution in [1.82, 2.24) is 14.9 Å². The minimum atomic E-state index is -1.23. The summed E-state index contributed by atoms with van der Waals surface area (Å²) in [5, 5.41) is 0.433. The smallest absolute Gasteiger partial charge is 0.222 e. The maximum absolute atomic E-state index is 12.1. The summed E-state index contributed by atoms with van der Waals surface area (Å²) in [6.07, 6.45) is 0.967. The molecule has 6 nitrogen and oxygen atoms in total. The Hall–Kier alpha value is -1.89. The van der Waals surface area contributed by atoms with E-state index in [4.69, 9.17) is 5.73 Å². The average molecular weight is 294 g/mol. The number of hydrogen-bond acceptors (Lipinski definition) is 4. The van der Waals surface area contributed by atoms with E-state index in [1.807, 2.05) is 0 Å². The number of fused-ring (bicyclic) bond motifs is 1. The van der Waals surface area contributed by atoms with Crippen molar-refractivity contribution >= 4 is 33.4 Å². The van der Waals surface area contributed by atoms with Crippen LogP contribution in [0.3, 0.4) is 0 Å². The Morgan fingerprint density at radius 2 is 2.20 bits per heavy atom. The normalized spacial score (nSPS) is 12.5. The van der Waals surface area contributed by atoms with Crippen molar-refractivity contribution in [3.63, 3.8) is 0 Å². The summed E-state index contributed by atoms with van der Waals surface area (Å²) in [5.41, 5.74) is 7.84. The lowest BCUT2D eigenvalue weighted by molar-refractivity contribution is -0.128. The summed E-state index contributed by atoms with van der Waals surface area (Å²) in [6, 6.07) is 5.31. The fraction of sp³-hybridized carbons (Fsp3) is 0.385. The lowest BCUT2D eigenvalue weighted by Gasteiger charge is -2.08. The van der Waals surface area contributed by atoms with Crippen LogP contribution in [0.4, 0.5) is 5.69 Å². The van der Waals surface area contributed by atoms with Gasteiger partial charge in [-0.3, -0.25) is 9.00 Å². The third-order valence-electron chi connectivity index (χ3n) is 2.92. The maximum atomic E-state index is 12.1. The molecule has 0 spiro atoms. The van der Waals surface area contributed by atoms with Crippen LogP contribution >= 0.6 is 0 Å². The average Bonchev–Trinajstić information content (AvgIpc) is 2.81. The van der Waals surface area contributed by atoms with Crippen LogP contribution in [0.5, 0.6) is 0 Å². The number of aromatic amines is 1. The van der Waals surface area contributed by atoms with Gasteiger partial charge < -0.3 is 15.6 Å². The van der Waals surface area contributed by atoms with Gasteiger partial charge in [0.05, 0.1) is 21.8 Å². The third kappa shape index (κ3) is 3.36. The fourth-order valence-electron chi connectivity index (χ4n) is 1.79. The van der Waals surface area contributed by atoms with Crippen LogP contribution < -0.4 is 5.73 Å². The summed E-state index contributed by atoms with van der Waals surface area (Å²) < 4.78 is 12.1. The zero-order valence-corrected chi connectivity index (χ0v) is 12.4. The number of nitrogens with one attached hydrogen (secondary N) is 1. The number of benzene rings is 1. The zero-order chi connectivity index (χ0) is 14.7. The number of hydrogen-bond donors (Lipinski definition) is 2. The SMILES string of the molecule is CN(C)C(=O)CCCS(=O)c1nc2ccc(N)cc2[nH]1. The van der Waals surface area contributed by atoms with E-state index in [0.29, 0.717) is 29.4 Å². The van der Waals surface area contributed by atoms with Crippen molar-refractivity contribution < 1.29 is 9.00 Å². The third-order valence-corrected chi connectivity index (χ3v) is 4.20. The summed E-state index contributed by atoms with van der Waals surface area (Å²) in [7, 11) is 2.19. The molecule has 108 valence electrons. The van der Waals surface area contributed by atoms with E-state index in [-0.39, 0.29) is 5.91 Å². The summed E-state index contributed by atoms with van der Waals surface area (Å²) >= 11 is 0. The molecular weight excluding hydrogens is 276 g/mol. The van der Waals surface area contributed by atoms with Crippen LogP contribution in [-0.4, -0.2) is 44.8 Å². The molecule has 7 heteroatoms. The van der Waals surface area contributed by atoms with Crippen LogP contribution in [0.1, 0.15) is 12.8 Å². The van der Waals surface area contributed by atoms with Crippen LogP contribution in [0, 0.1) is 0 Å². The van der Waals surface area contributed by atoms with Crippen molar-refractivity contribution in [3.8, 4) is 0 Å². The lowest BCUT2D eigenvalue weighted by Crippen LogP contribution is -2.21. The van der Waals surface area contributed by atoms with Crippen LogP contribution in [0.25, 0.3) is 11.0 Å². The molecule has 1 heterocycles. The number of nitrogen functional groups attached to an aromatic ring is 1. The Labute approximate surface area is 119 Å². The van der Waals surface area contributed by atoms with E-state index >= 15 is 0 Å². The number of anilines is 1. The molecule has 20 heavy (non-hydrogen) atoms. The number of amides is 1. The lowest BCUT2D eigenvalue weighted by atomic mass is 10.3. The fourth-order valence-corrected chi connectivity index (χ4v) is 2.81. The van der Waals surface area contributed by atoms with Crippen molar-refractivity contribution in [2.24, 2.45) is 0 Å². The minimum Gasteiger partial charge on any atom is -0.399 e. The standard InChI is InChI=1S/C13H18N4O2S/c1-17(2)12(18)4-3-7-20(19)13-15-10-6-5-9(14)8-11(10)16-13/h5-6,8H,3-4,7,14H2,1-2H3,(H,15,16). The first-order valence-corrected chi connectivity index (χ1v) is 7.63. The predicted octanol–water partition coefficient (Wildman–Crippen LogP) is 1.12. The molecule has 1 unspecified atom stereocenters. The molecule has 1 aromatic carbocycles. The Kier molecular flexibility index (Phi) is 4.39. The Bertz CT molecular complexity index is 651. The van der Waals surface area contributed by atoms with Crippen molar-refractivity contribution in [3.05, 3.63) is 18.2 Å². The highest BCUT2D eigenvalue weighted by Crippen LogP contribution is 2.17. The molecule has 2 rings (SSSR count). The van der Waals surface area contributed by atoms with Gasteiger partial charge in [-0.25, -0.2) is 4.98 Å². The van der Waals surface area contributed by atoms with Gasteiger partial charge in [-0.1, -0.05) is 0 Å². The van der Waals surface area contributed by atoms with Gasteiger partial charge in [0.15, 0.2) is 5.16 Å². The number of carbonyl (C=O) groups excluding carboxylic acids is 1. The largest absolute Gasteiger partial charge is 0.399 e. The molecule has 0 aliphatic rings. The van der Waals surface area contributed by atoms with Gasteiger partial charge in [0.25, 0.3) is 0 Å². The van der Waals surface area contributed by atoms with E-state index in [1.165, 1.54) is 4.90 Å². The number of rotatable bonds is 5. The van der Waals surface area contributed by atoms with Gasteiger partial charge in [-0.15, -0.1) is 0 Å². The second kappa shape index (κ2) is 6.04. The Morgan fingerprint density at radius 1 is 1.45 bits per heavy atom. The van der Waals surface area contributed by atoms with Crippen LogP contribution in [0.15, 0.2) is 23.4 Å². The molecule has 1 atom stereocenters. The number of carbonyl (C=O) groups is 1. The number of aromatic nitrogens is 2. The first-order chi connectivity index (χ1) is 9.47. The van der Waals surface area contributed by atoms with Gasteiger partial charge in [-0.2, -0.15) is 0 Å². The van der Waals surface area contributed by atoms with Crippen molar-refractivity contribution in [1.29, 1.82) is 0 Å². The molecule has 0 saturated heterocycles. The summed E-state index contributed by atoms with van der Waals surface area (Å²) in [6.45, 7) is 0. The van der Waals surface area contributed by atoms with Gasteiger partial charge in [0.1, 0.15) is 0 Å². The Morgan fingerprint density at radius 3 is 2.90 bits per heavy atom. The molecule has 0 saturated carbocycles. The summed E-state index contributed by atoms with van der Waals surface area (Å²) in [5.74, 6) is 0.453. The second-order valence-electron chi connectivity index (χ2n) is 4.76. The second-order valence-corrected chi connectivity index (χ2v) is 6.25. The highest BCUT2D eigenvalue weighted by Gasteiger charge is 2.11. The number of H-pyrrole nitrogens is 1. The van der Waals surface area contributed by atoms with Gasteiger partial charge in [-0.05, 0) is 24.6 Å². The highest BCUT2D eigenvalue weighted by atomic mass is 32.2. The van der Waals surface area contributed by atoms with E-state index in [2.05, 4.69) is 9.97 Å². The van der Waals surface area contributed by atoms with E-state index < -0.39 is 10.8 Å². The molecule has 0 fully saturated rings. The molecule has 2 aromatic rings. The number of imidazole rings is 1. The molecule has 0 bridgehead atoms. The molecule has 0 aliphatic heterocycles. The Balaban J connectivity index is 1.99. The quantitative estimate of drug-likeness (QED) is 0.808. The van der Waals surface area contributed by atoms with Gasteiger partial charge in [0.2, 0.25) is 5.91 Å². The van der Waals surface area contributed by atoms with Crippen LogP contribution in [-0.2, 0) is 15.6 Å². The minimum absolute atomic E-state index is 0.0411. The maximum Gasteiger partial charge on any atom is 0.222 e. The topological polar surface area (TPSA) is 92.1 Å². The molecule has 3 N–H and O–H groups in total. The monoisotopic (exact) mass is 294 g/mol. The molecule has 1 amide bonds. The highest BCUT2D eigenvalue weighted by molar-refractivity contribution is 7.84. The predicted molar refractivity (Wildman–Crippen MR) is 79.7 cm³/mol. The van der Waals surface area contributed by atoms with Crippen molar-refractivity contribution in [2.75, 3.05) is 25.6 Å². The number of nitrogens with two attached hydrogens (primary N) is 1. The number of nitrogens with zero attached hydrogens (tertiary/aromatic N) is 2. The van der Waals surface area contributed by atoms with Crippen molar-refractivity contribution in [2.45, 2.75) is 18.0 Å². The zero-order valence-electron chi connectivity index (χ0n) is 11.5. The van der Waals surface area contributed by atoms with Crippen LogP contribution in [0.2, 0.25) is 0 Å². The van der Waals surface area contributed by atoms with E-state index in [9.17, 15) is 9.00 Å². The molecule has 1 aromatic heterocycles. The first-order valence-electron chi connectivity index (χ1n) is 6.31. The molecule has 0 aliphatic carbocycles. The van der Waals surface area contributed by atoms with Gasteiger partial charge >= 0.3 is 0 Å². The van der Waals surface area contributed by atoms with Gasteiger partial charge in [0, 0.05) is 32.0 Å². The molecule has 0 radical (unpaired) electrons. The van der Waals surface area contributed by atoms with E-state index in [0.717, 1.165) is 11.0 Å². The molecular formula is C13H18N4O2S. The first kappa shape index (κ1) is 14.5.